The molecule has 1 unspecified atom stereocenters. The second-order valence-corrected chi connectivity index (χ2v) is 5.83. The Balaban J connectivity index is 1.83. The second kappa shape index (κ2) is 4.97. The number of hydrogen-bond acceptors (Lipinski definition) is 2. The first-order valence-electron chi connectivity index (χ1n) is 7.34. The number of hydrogen-bond donors (Lipinski definition) is 1. The van der Waals surface area contributed by atoms with Crippen LogP contribution in [0.3, 0.4) is 0 Å². The van der Waals surface area contributed by atoms with Gasteiger partial charge in [0.15, 0.2) is 0 Å². The summed E-state index contributed by atoms with van der Waals surface area (Å²) in [6, 6.07) is 10.5. The normalized spacial score (nSPS) is 25.1. The number of benzene rings is 1. The lowest BCUT2D eigenvalue weighted by Gasteiger charge is -2.37. The van der Waals surface area contributed by atoms with Crippen LogP contribution < -0.4 is 5.73 Å². The first-order valence-corrected chi connectivity index (χ1v) is 7.34. The third-order valence-corrected chi connectivity index (χ3v) is 4.65. The van der Waals surface area contributed by atoms with E-state index in [4.69, 9.17) is 5.73 Å². The van der Waals surface area contributed by atoms with E-state index in [1.54, 1.807) is 0 Å². The van der Waals surface area contributed by atoms with Gasteiger partial charge in [0.1, 0.15) is 0 Å². The number of carbonyl (C=O) groups excluding carboxylic acids is 1. The van der Waals surface area contributed by atoms with E-state index < -0.39 is 0 Å². The lowest BCUT2D eigenvalue weighted by atomic mass is 9.91. The average Bonchev–Trinajstić information content (AvgIpc) is 3.29. The first kappa shape index (κ1) is 12.7. The SMILES string of the molecule is NCC1CCCCN1C(=O)C1(c2ccccc2)CC1. The molecule has 1 aliphatic carbocycles. The Kier molecular flexibility index (Phi) is 3.31. The van der Waals surface area contributed by atoms with Crippen molar-refractivity contribution >= 4 is 5.91 Å². The summed E-state index contributed by atoms with van der Waals surface area (Å²) in [7, 11) is 0. The van der Waals surface area contributed by atoms with E-state index in [0.717, 1.165) is 32.2 Å². The van der Waals surface area contributed by atoms with Crippen LogP contribution in [0.5, 0.6) is 0 Å². The molecule has 1 saturated heterocycles. The number of nitrogens with two attached hydrogens (primary N) is 1. The summed E-state index contributed by atoms with van der Waals surface area (Å²) in [4.78, 5) is 15.0. The van der Waals surface area contributed by atoms with Gasteiger partial charge in [0.2, 0.25) is 5.91 Å². The van der Waals surface area contributed by atoms with Crippen LogP contribution in [-0.4, -0.2) is 29.9 Å². The Morgan fingerprint density at radius 3 is 2.63 bits per heavy atom. The summed E-state index contributed by atoms with van der Waals surface area (Å²) in [6.07, 6.45) is 5.36. The molecule has 2 N–H and O–H groups in total. The summed E-state index contributed by atoms with van der Waals surface area (Å²) in [6.45, 7) is 1.48. The molecule has 1 atom stereocenters. The van der Waals surface area contributed by atoms with Gasteiger partial charge in [-0.15, -0.1) is 0 Å². The van der Waals surface area contributed by atoms with Gasteiger partial charge < -0.3 is 10.6 Å². The van der Waals surface area contributed by atoms with Crippen molar-refractivity contribution in [1.29, 1.82) is 0 Å². The van der Waals surface area contributed by atoms with Gasteiger partial charge >= 0.3 is 0 Å². The Hall–Kier alpha value is -1.35. The Bertz CT molecular complexity index is 453. The van der Waals surface area contributed by atoms with Crippen molar-refractivity contribution < 1.29 is 4.79 Å². The number of piperidine rings is 1. The maximum absolute atomic E-state index is 12.9. The standard InChI is InChI=1S/C16H22N2O/c17-12-14-8-4-5-11-18(14)15(19)16(9-10-16)13-6-2-1-3-7-13/h1-3,6-7,14H,4-5,8-12,17H2. The summed E-state index contributed by atoms with van der Waals surface area (Å²) in [5.74, 6) is 0.314. The van der Waals surface area contributed by atoms with E-state index in [1.165, 1.54) is 12.0 Å². The zero-order valence-electron chi connectivity index (χ0n) is 11.3. The summed E-state index contributed by atoms with van der Waals surface area (Å²) < 4.78 is 0. The van der Waals surface area contributed by atoms with Crippen LogP contribution in [0.1, 0.15) is 37.7 Å². The van der Waals surface area contributed by atoms with Crippen molar-refractivity contribution in [3.63, 3.8) is 0 Å². The van der Waals surface area contributed by atoms with Crippen molar-refractivity contribution in [2.24, 2.45) is 5.73 Å². The van der Waals surface area contributed by atoms with E-state index >= 15 is 0 Å². The van der Waals surface area contributed by atoms with Gasteiger partial charge in [-0.3, -0.25) is 4.79 Å². The van der Waals surface area contributed by atoms with E-state index in [2.05, 4.69) is 17.0 Å². The number of likely N-dealkylation sites (tertiary alicyclic amines) is 1. The fourth-order valence-electron chi connectivity index (χ4n) is 3.30. The van der Waals surface area contributed by atoms with E-state index in [-0.39, 0.29) is 11.5 Å². The Morgan fingerprint density at radius 1 is 1.26 bits per heavy atom. The van der Waals surface area contributed by atoms with Gasteiger partial charge in [0.05, 0.1) is 5.41 Å². The summed E-state index contributed by atoms with van der Waals surface area (Å²) >= 11 is 0. The van der Waals surface area contributed by atoms with Crippen LogP contribution in [0, 0.1) is 0 Å². The maximum atomic E-state index is 12.9. The molecule has 1 amide bonds. The molecule has 2 fully saturated rings. The zero-order chi connectivity index (χ0) is 13.3. The minimum absolute atomic E-state index is 0.230. The molecule has 3 heteroatoms. The monoisotopic (exact) mass is 258 g/mol. The molecule has 102 valence electrons. The van der Waals surface area contributed by atoms with Crippen LogP contribution in [0.2, 0.25) is 0 Å². The number of rotatable bonds is 3. The fourth-order valence-corrected chi connectivity index (χ4v) is 3.30. The molecular weight excluding hydrogens is 236 g/mol. The van der Waals surface area contributed by atoms with Gasteiger partial charge in [0.25, 0.3) is 0 Å². The molecule has 1 heterocycles. The highest BCUT2D eigenvalue weighted by Gasteiger charge is 2.53. The van der Waals surface area contributed by atoms with Gasteiger partial charge in [0, 0.05) is 19.1 Å². The van der Waals surface area contributed by atoms with Gasteiger partial charge in [-0.25, -0.2) is 0 Å². The molecule has 19 heavy (non-hydrogen) atoms. The molecule has 1 aromatic carbocycles. The minimum Gasteiger partial charge on any atom is -0.338 e. The van der Waals surface area contributed by atoms with Gasteiger partial charge in [-0.2, -0.15) is 0 Å². The van der Waals surface area contributed by atoms with E-state index in [0.29, 0.717) is 12.5 Å². The maximum Gasteiger partial charge on any atom is 0.233 e. The summed E-state index contributed by atoms with van der Waals surface area (Å²) in [5, 5.41) is 0. The van der Waals surface area contributed by atoms with Crippen LogP contribution in [-0.2, 0) is 10.2 Å². The highest BCUT2D eigenvalue weighted by Crippen LogP contribution is 2.50. The van der Waals surface area contributed by atoms with Crippen molar-refractivity contribution in [2.75, 3.05) is 13.1 Å². The second-order valence-electron chi connectivity index (χ2n) is 5.83. The summed E-state index contributed by atoms with van der Waals surface area (Å²) in [5.41, 5.74) is 6.79. The van der Waals surface area contributed by atoms with E-state index in [9.17, 15) is 4.79 Å². The van der Waals surface area contributed by atoms with Crippen LogP contribution in [0.25, 0.3) is 0 Å². The molecule has 1 aliphatic heterocycles. The lowest BCUT2D eigenvalue weighted by molar-refractivity contribution is -0.137. The molecule has 0 radical (unpaired) electrons. The van der Waals surface area contributed by atoms with Crippen molar-refractivity contribution in [2.45, 2.75) is 43.6 Å². The molecular formula is C16H22N2O. The van der Waals surface area contributed by atoms with Crippen molar-refractivity contribution in [1.82, 2.24) is 4.90 Å². The third-order valence-electron chi connectivity index (χ3n) is 4.65. The topological polar surface area (TPSA) is 46.3 Å². The number of nitrogens with zero attached hydrogens (tertiary/aromatic N) is 1. The Morgan fingerprint density at radius 2 is 2.00 bits per heavy atom. The largest absolute Gasteiger partial charge is 0.338 e. The smallest absolute Gasteiger partial charge is 0.233 e. The van der Waals surface area contributed by atoms with Crippen molar-refractivity contribution in [3.05, 3.63) is 35.9 Å². The fraction of sp³-hybridized carbons (Fsp3) is 0.562. The number of carbonyl (C=O) groups is 1. The molecule has 1 aromatic rings. The predicted octanol–water partition coefficient (Wildman–Crippen LogP) is 2.06. The van der Waals surface area contributed by atoms with Gasteiger partial charge in [-0.1, -0.05) is 30.3 Å². The predicted molar refractivity (Wildman–Crippen MR) is 75.8 cm³/mol. The lowest BCUT2D eigenvalue weighted by Crippen LogP contribution is -2.51. The van der Waals surface area contributed by atoms with Gasteiger partial charge in [-0.05, 0) is 37.7 Å². The molecule has 3 rings (SSSR count). The molecule has 0 aromatic heterocycles. The highest BCUT2D eigenvalue weighted by molar-refractivity contribution is 5.91. The minimum atomic E-state index is -0.230. The quantitative estimate of drug-likeness (QED) is 0.902. The molecule has 0 bridgehead atoms. The van der Waals surface area contributed by atoms with Crippen molar-refractivity contribution in [3.8, 4) is 0 Å². The average molecular weight is 258 g/mol. The van der Waals surface area contributed by atoms with E-state index in [1.807, 2.05) is 18.2 Å². The molecule has 3 nitrogen and oxygen atoms in total. The first-order chi connectivity index (χ1) is 9.28. The highest BCUT2D eigenvalue weighted by atomic mass is 16.2. The third kappa shape index (κ3) is 2.16. The molecule has 2 aliphatic rings. The molecule has 1 saturated carbocycles. The van der Waals surface area contributed by atoms with Crippen LogP contribution in [0.4, 0.5) is 0 Å². The van der Waals surface area contributed by atoms with Crippen LogP contribution >= 0.6 is 0 Å². The van der Waals surface area contributed by atoms with Crippen LogP contribution in [0.15, 0.2) is 30.3 Å². The zero-order valence-corrected chi connectivity index (χ0v) is 11.3. The Labute approximate surface area is 114 Å². The molecule has 0 spiro atoms. The number of amides is 1.